The molecule has 3 atom stereocenters. The summed E-state index contributed by atoms with van der Waals surface area (Å²) in [5, 5.41) is 24.9. The van der Waals surface area contributed by atoms with E-state index in [0.717, 1.165) is 0 Å². The third kappa shape index (κ3) is 12.3. The van der Waals surface area contributed by atoms with Gasteiger partial charge in [0.25, 0.3) is 0 Å². The summed E-state index contributed by atoms with van der Waals surface area (Å²) in [5.41, 5.74) is 15.7. The summed E-state index contributed by atoms with van der Waals surface area (Å²) in [6.45, 7) is -0.287. The van der Waals surface area contributed by atoms with Crippen molar-refractivity contribution in [1.29, 1.82) is 0 Å². The molecule has 0 aliphatic heterocycles. The zero-order chi connectivity index (χ0) is 24.0. The average Bonchev–Trinajstić information content (AvgIpc) is 2.70. The summed E-state index contributed by atoms with van der Waals surface area (Å²) in [6, 6.07) is -3.77. The van der Waals surface area contributed by atoms with E-state index in [1.807, 2.05) is 0 Å². The molecule has 0 rings (SSSR count). The van der Waals surface area contributed by atoms with Crippen LogP contribution in [0.2, 0.25) is 0 Å². The predicted octanol–water partition coefficient (Wildman–Crippen LogP) is -3.67. The molecule has 0 saturated carbocycles. The zero-order valence-electron chi connectivity index (χ0n) is 16.7. The van der Waals surface area contributed by atoms with Crippen LogP contribution in [0.3, 0.4) is 0 Å². The molecule has 0 saturated heterocycles. The Morgan fingerprint density at radius 2 is 1.45 bits per heavy atom. The first-order chi connectivity index (χ1) is 14.5. The van der Waals surface area contributed by atoms with E-state index < -0.39 is 60.8 Å². The number of thiol groups is 1. The van der Waals surface area contributed by atoms with E-state index in [9.17, 15) is 24.0 Å². The van der Waals surface area contributed by atoms with Crippen LogP contribution < -0.4 is 33.2 Å². The highest BCUT2D eigenvalue weighted by Crippen LogP contribution is 2.04. The second-order valence-electron chi connectivity index (χ2n) is 6.35. The molecule has 3 unspecified atom stereocenters. The van der Waals surface area contributed by atoms with Crippen molar-refractivity contribution in [3.63, 3.8) is 0 Å². The number of carboxylic acids is 2. The molecule has 0 aromatic heterocycles. The second kappa shape index (κ2) is 14.8. The topological polar surface area (TPSA) is 252 Å². The summed E-state index contributed by atoms with van der Waals surface area (Å²) >= 11 is 3.86. The maximum Gasteiger partial charge on any atom is 0.327 e. The molecular formula is C16H29N7O7S. The van der Waals surface area contributed by atoms with Crippen LogP contribution >= 0.6 is 12.6 Å². The number of guanidine groups is 1. The number of nitrogens with two attached hydrogens (primary N) is 3. The van der Waals surface area contributed by atoms with Crippen LogP contribution in [0.1, 0.15) is 25.7 Å². The number of carboxylic acid groups (broad SMARTS) is 2. The first-order valence-corrected chi connectivity index (χ1v) is 9.86. The lowest BCUT2D eigenvalue weighted by Gasteiger charge is -2.24. The third-order valence-electron chi connectivity index (χ3n) is 3.86. The van der Waals surface area contributed by atoms with E-state index in [0.29, 0.717) is 0 Å². The van der Waals surface area contributed by atoms with Gasteiger partial charge in [0.1, 0.15) is 18.1 Å². The molecule has 0 bridgehead atoms. The van der Waals surface area contributed by atoms with Gasteiger partial charge < -0.3 is 43.4 Å². The normalized spacial score (nSPS) is 13.2. The molecule has 0 heterocycles. The second-order valence-corrected chi connectivity index (χ2v) is 6.71. The molecule has 0 aromatic rings. The lowest BCUT2D eigenvalue weighted by atomic mass is 10.1. The average molecular weight is 464 g/mol. The number of nitrogens with zero attached hydrogens (tertiary/aromatic N) is 1. The van der Waals surface area contributed by atoms with Crippen LogP contribution in [0, 0.1) is 0 Å². The summed E-state index contributed by atoms with van der Waals surface area (Å²) < 4.78 is 0. The van der Waals surface area contributed by atoms with Crippen molar-refractivity contribution in [2.24, 2.45) is 22.2 Å². The number of aliphatic imine (C=N–C) groups is 1. The van der Waals surface area contributed by atoms with E-state index in [4.69, 9.17) is 27.4 Å². The van der Waals surface area contributed by atoms with Crippen LogP contribution in [0.25, 0.3) is 0 Å². The largest absolute Gasteiger partial charge is 0.481 e. The maximum atomic E-state index is 12.6. The Morgan fingerprint density at radius 3 is 1.90 bits per heavy atom. The molecule has 14 nitrogen and oxygen atoms in total. The number of hydrogen-bond donors (Lipinski definition) is 9. The first-order valence-electron chi connectivity index (χ1n) is 9.22. The molecule has 11 N–H and O–H groups in total. The third-order valence-corrected chi connectivity index (χ3v) is 4.22. The Hall–Kier alpha value is -3.07. The van der Waals surface area contributed by atoms with Crippen LogP contribution in [0.4, 0.5) is 0 Å². The standard InChI is InChI=1S/C16H29N7O7S/c17-6-11(24)21-9(3-4-12(25)26)14(28)22-8(2-1-5-20-16(18)19)13(27)23-10(7-31)15(29)30/h8-10,31H,1-7,17H2,(H,21,24)(H,22,28)(H,23,27)(H,25,26)(H,29,30)(H4,18,19,20). The van der Waals surface area contributed by atoms with Gasteiger partial charge in [-0.2, -0.15) is 12.6 Å². The van der Waals surface area contributed by atoms with Gasteiger partial charge in [0.05, 0.1) is 6.54 Å². The van der Waals surface area contributed by atoms with Gasteiger partial charge in [0.15, 0.2) is 5.96 Å². The summed E-state index contributed by atoms with van der Waals surface area (Å²) in [7, 11) is 0. The lowest BCUT2D eigenvalue weighted by Crippen LogP contribution is -2.56. The van der Waals surface area contributed by atoms with Gasteiger partial charge in [0, 0.05) is 18.7 Å². The summed E-state index contributed by atoms with van der Waals surface area (Å²) in [5.74, 6) is -5.19. The molecular weight excluding hydrogens is 434 g/mol. The highest BCUT2D eigenvalue weighted by atomic mass is 32.1. The Morgan fingerprint density at radius 1 is 0.903 bits per heavy atom. The van der Waals surface area contributed by atoms with E-state index in [1.54, 1.807) is 0 Å². The molecule has 15 heteroatoms. The van der Waals surface area contributed by atoms with Gasteiger partial charge in [-0.25, -0.2) is 4.79 Å². The SMILES string of the molecule is NCC(=O)NC(CCC(=O)O)C(=O)NC(CCCN=C(N)N)C(=O)NC(CS)C(=O)O. The fourth-order valence-corrected chi connectivity index (χ4v) is 2.54. The Labute approximate surface area is 183 Å². The van der Waals surface area contributed by atoms with Gasteiger partial charge >= 0.3 is 11.9 Å². The smallest absolute Gasteiger partial charge is 0.327 e. The van der Waals surface area contributed by atoms with E-state index in [2.05, 4.69) is 33.6 Å². The van der Waals surface area contributed by atoms with Crippen molar-refractivity contribution < 1.29 is 34.2 Å². The van der Waals surface area contributed by atoms with Crippen molar-refractivity contribution in [2.75, 3.05) is 18.8 Å². The quantitative estimate of drug-likeness (QED) is 0.0497. The number of rotatable bonds is 15. The van der Waals surface area contributed by atoms with Gasteiger partial charge in [-0.3, -0.25) is 24.2 Å². The van der Waals surface area contributed by atoms with Crippen LogP contribution in [-0.4, -0.2) is 82.8 Å². The van der Waals surface area contributed by atoms with Gasteiger partial charge in [0.2, 0.25) is 17.7 Å². The van der Waals surface area contributed by atoms with E-state index >= 15 is 0 Å². The molecule has 0 aromatic carbocycles. The highest BCUT2D eigenvalue weighted by Gasteiger charge is 2.29. The van der Waals surface area contributed by atoms with Crippen LogP contribution in [0.15, 0.2) is 4.99 Å². The number of aliphatic carboxylic acids is 2. The molecule has 31 heavy (non-hydrogen) atoms. The molecule has 0 aliphatic rings. The number of amides is 3. The Bertz CT molecular complexity index is 685. The Balaban J connectivity index is 5.39. The number of hydrogen-bond acceptors (Lipinski definition) is 8. The first kappa shape index (κ1) is 27.9. The minimum Gasteiger partial charge on any atom is -0.481 e. The van der Waals surface area contributed by atoms with Crippen molar-refractivity contribution in [3.8, 4) is 0 Å². The number of nitrogens with one attached hydrogen (secondary N) is 3. The van der Waals surface area contributed by atoms with Crippen molar-refractivity contribution >= 4 is 48.2 Å². The number of carbonyl (C=O) groups excluding carboxylic acids is 3. The minimum absolute atomic E-state index is 0.0315. The van der Waals surface area contributed by atoms with Crippen LogP contribution in [0.5, 0.6) is 0 Å². The fraction of sp³-hybridized carbons (Fsp3) is 0.625. The van der Waals surface area contributed by atoms with Gasteiger partial charge in [-0.15, -0.1) is 0 Å². The fourth-order valence-electron chi connectivity index (χ4n) is 2.29. The maximum absolute atomic E-state index is 12.6. The zero-order valence-corrected chi connectivity index (χ0v) is 17.6. The Kier molecular flexibility index (Phi) is 13.4. The van der Waals surface area contributed by atoms with Gasteiger partial charge in [-0.05, 0) is 19.3 Å². The van der Waals surface area contributed by atoms with E-state index in [-0.39, 0.29) is 37.5 Å². The molecule has 0 fully saturated rings. The van der Waals surface area contributed by atoms with Crippen LogP contribution in [-0.2, 0) is 24.0 Å². The van der Waals surface area contributed by atoms with E-state index in [1.165, 1.54) is 0 Å². The summed E-state index contributed by atoms with van der Waals surface area (Å²) in [4.78, 5) is 62.5. The molecule has 3 amide bonds. The predicted molar refractivity (Wildman–Crippen MR) is 113 cm³/mol. The minimum atomic E-state index is -1.32. The van der Waals surface area contributed by atoms with Gasteiger partial charge in [-0.1, -0.05) is 0 Å². The van der Waals surface area contributed by atoms with Crippen molar-refractivity contribution in [1.82, 2.24) is 16.0 Å². The molecule has 0 spiro atoms. The molecule has 176 valence electrons. The van der Waals surface area contributed by atoms with Crippen molar-refractivity contribution in [3.05, 3.63) is 0 Å². The molecule has 0 aliphatic carbocycles. The summed E-state index contributed by atoms with van der Waals surface area (Å²) in [6.07, 6.45) is -0.387. The monoisotopic (exact) mass is 463 g/mol. The van der Waals surface area contributed by atoms with Crippen molar-refractivity contribution in [2.45, 2.75) is 43.8 Å². The number of carbonyl (C=O) groups is 5. The molecule has 0 radical (unpaired) electrons. The highest BCUT2D eigenvalue weighted by molar-refractivity contribution is 7.80. The lowest BCUT2D eigenvalue weighted by molar-refractivity contribution is -0.141.